The molecule has 8 N–H and O–H groups in total. The first-order chi connectivity index (χ1) is 21.4. The highest BCUT2D eigenvalue weighted by atomic mass is 32.2. The predicted molar refractivity (Wildman–Crippen MR) is 164 cm³/mol. The summed E-state index contributed by atoms with van der Waals surface area (Å²) in [5, 5.41) is 43.8. The SMILES string of the molecule is CCCNC(=O)CCN.COCc1ccc(OC2OC(C(=O)O)C(O)C(O)C2O)c(CNC=O)c1.[B]CN(C=O)CCS(C)=O. The fourth-order valence-electron chi connectivity index (χ4n) is 3.49. The van der Waals surface area contributed by atoms with E-state index in [1.807, 2.05) is 6.92 Å². The number of hydrogen-bond donors (Lipinski definition) is 7. The van der Waals surface area contributed by atoms with Gasteiger partial charge < -0.3 is 55.9 Å². The van der Waals surface area contributed by atoms with E-state index in [-0.39, 0.29) is 24.6 Å². The van der Waals surface area contributed by atoms with Crippen LogP contribution in [0.1, 0.15) is 30.9 Å². The van der Waals surface area contributed by atoms with Gasteiger partial charge in [0.2, 0.25) is 25.0 Å². The van der Waals surface area contributed by atoms with Crippen molar-refractivity contribution in [2.45, 2.75) is 63.6 Å². The van der Waals surface area contributed by atoms with E-state index in [2.05, 4.69) is 10.6 Å². The molecular formula is C27H45BN4O12S. The van der Waals surface area contributed by atoms with Gasteiger partial charge in [0, 0.05) is 68.1 Å². The lowest BCUT2D eigenvalue weighted by molar-refractivity contribution is -0.271. The van der Waals surface area contributed by atoms with Crippen molar-refractivity contribution in [3.63, 3.8) is 0 Å². The molecule has 2 radical (unpaired) electrons. The van der Waals surface area contributed by atoms with E-state index in [1.54, 1.807) is 24.5 Å². The molecule has 6 atom stereocenters. The highest BCUT2D eigenvalue weighted by Crippen LogP contribution is 2.27. The standard InChI is InChI=1S/C16H21NO9.C6H14N2O.C5H10BNO2S/c1-24-6-8-2-3-10(9(4-8)5-17-7-18)25-16-13(21)11(19)12(20)14(26-16)15(22)23;1-2-5-8-6(9)3-4-7;1-10(9)3-2-7(4-6)5-8/h2-4,7,11-14,16,19-21H,5-6H2,1H3,(H,17,18)(H,22,23);2-5,7H2,1H3,(H,8,9);5H,2-4H2,1H3. The van der Waals surface area contributed by atoms with Gasteiger partial charge in [-0.3, -0.25) is 18.6 Å². The van der Waals surface area contributed by atoms with Crippen LogP contribution >= 0.6 is 0 Å². The van der Waals surface area contributed by atoms with E-state index < -0.39 is 47.5 Å². The number of carbonyl (C=O) groups is 4. The van der Waals surface area contributed by atoms with Crippen molar-refractivity contribution in [2.24, 2.45) is 5.73 Å². The number of aliphatic hydroxyl groups excluding tert-OH is 3. The molecule has 1 fully saturated rings. The van der Waals surface area contributed by atoms with Crippen LogP contribution in [0.3, 0.4) is 0 Å². The van der Waals surface area contributed by atoms with Crippen LogP contribution in [0.4, 0.5) is 0 Å². The third-order valence-corrected chi connectivity index (χ3v) is 6.62. The molecule has 18 heteroatoms. The zero-order valence-corrected chi connectivity index (χ0v) is 26.5. The normalized spacial score (nSPS) is 21.0. The van der Waals surface area contributed by atoms with Crippen LogP contribution in [-0.4, -0.2) is 138 Å². The Balaban J connectivity index is 0.000000836. The number of amides is 3. The molecule has 0 aromatic heterocycles. The molecule has 1 aromatic rings. The average molecular weight is 661 g/mol. The van der Waals surface area contributed by atoms with E-state index in [9.17, 15) is 38.7 Å². The topological polar surface area (TPSA) is 247 Å². The minimum atomic E-state index is -1.80. The molecule has 0 spiro atoms. The van der Waals surface area contributed by atoms with Crippen LogP contribution in [0.5, 0.6) is 5.75 Å². The summed E-state index contributed by atoms with van der Waals surface area (Å²) in [7, 11) is 5.85. The van der Waals surface area contributed by atoms with E-state index in [0.29, 0.717) is 50.3 Å². The summed E-state index contributed by atoms with van der Waals surface area (Å²) in [5.74, 6) is -0.749. The van der Waals surface area contributed by atoms with Gasteiger partial charge in [-0.05, 0) is 30.6 Å². The number of aliphatic carboxylic acids is 1. The number of nitrogens with zero attached hydrogens (tertiary/aromatic N) is 1. The number of carboxylic acid groups (broad SMARTS) is 1. The van der Waals surface area contributed by atoms with Crippen LogP contribution in [-0.2, 0) is 52.6 Å². The van der Waals surface area contributed by atoms with Crippen molar-refractivity contribution in [1.29, 1.82) is 0 Å². The minimum absolute atomic E-state index is 0.0550. The lowest BCUT2D eigenvalue weighted by Gasteiger charge is -2.38. The summed E-state index contributed by atoms with van der Waals surface area (Å²) in [6.07, 6.45) is -4.16. The largest absolute Gasteiger partial charge is 0.479 e. The second-order valence-corrected chi connectivity index (χ2v) is 11.0. The highest BCUT2D eigenvalue weighted by molar-refractivity contribution is 7.84. The molecule has 0 bridgehead atoms. The summed E-state index contributed by atoms with van der Waals surface area (Å²) in [5.41, 5.74) is 6.46. The average Bonchev–Trinajstić information content (AvgIpc) is 3.01. The summed E-state index contributed by atoms with van der Waals surface area (Å²) in [4.78, 5) is 43.8. The van der Waals surface area contributed by atoms with Crippen LogP contribution in [0.25, 0.3) is 0 Å². The number of hydrogen-bond acceptors (Lipinski definition) is 12. The Morgan fingerprint density at radius 3 is 2.40 bits per heavy atom. The molecule has 1 heterocycles. The molecule has 0 saturated carbocycles. The summed E-state index contributed by atoms with van der Waals surface area (Å²) >= 11 is 0. The molecule has 6 unspecified atom stereocenters. The number of nitrogens with two attached hydrogens (primary N) is 1. The van der Waals surface area contributed by atoms with Crippen molar-refractivity contribution < 1.29 is 58.0 Å². The molecule has 1 aliphatic heterocycles. The van der Waals surface area contributed by atoms with E-state index >= 15 is 0 Å². The van der Waals surface area contributed by atoms with Crippen LogP contribution in [0.2, 0.25) is 0 Å². The lowest BCUT2D eigenvalue weighted by atomic mass is 9.99. The van der Waals surface area contributed by atoms with Gasteiger partial charge in [-0.25, -0.2) is 4.79 Å². The third-order valence-electron chi connectivity index (χ3n) is 5.86. The Hall–Kier alpha value is -3.13. The molecule has 0 aliphatic carbocycles. The number of aliphatic hydroxyl groups is 3. The van der Waals surface area contributed by atoms with Crippen molar-refractivity contribution >= 4 is 43.3 Å². The fourth-order valence-corrected chi connectivity index (χ4v) is 3.98. The van der Waals surface area contributed by atoms with Crippen LogP contribution < -0.4 is 21.1 Å². The number of rotatable bonds is 17. The van der Waals surface area contributed by atoms with Gasteiger partial charge in [0.05, 0.1) is 14.5 Å². The Morgan fingerprint density at radius 1 is 1.20 bits per heavy atom. The Kier molecular flexibility index (Phi) is 22.5. The molecule has 2 rings (SSSR count). The molecule has 3 amide bonds. The fraction of sp³-hybridized carbons (Fsp3) is 0.630. The molecule has 1 aromatic carbocycles. The number of ether oxygens (including phenoxy) is 3. The number of carboxylic acids is 1. The molecular weight excluding hydrogens is 615 g/mol. The molecule has 254 valence electrons. The van der Waals surface area contributed by atoms with Gasteiger partial charge in [0.25, 0.3) is 0 Å². The Bertz CT molecular complexity index is 1060. The second-order valence-electron chi connectivity index (χ2n) is 9.49. The number of carbonyl (C=O) groups excluding carboxylic acids is 3. The first-order valence-electron chi connectivity index (χ1n) is 13.9. The molecule has 1 saturated heterocycles. The zero-order chi connectivity index (χ0) is 34.4. The second kappa shape index (κ2) is 24.2. The lowest BCUT2D eigenvalue weighted by Crippen LogP contribution is -2.61. The highest BCUT2D eigenvalue weighted by Gasteiger charge is 2.48. The Labute approximate surface area is 266 Å². The number of benzene rings is 1. The quantitative estimate of drug-likeness (QED) is 0.0658. The monoisotopic (exact) mass is 660 g/mol. The van der Waals surface area contributed by atoms with Crippen LogP contribution in [0.15, 0.2) is 18.2 Å². The van der Waals surface area contributed by atoms with Gasteiger partial charge in [-0.1, -0.05) is 13.0 Å². The first kappa shape index (κ1) is 41.9. The van der Waals surface area contributed by atoms with E-state index in [0.717, 1.165) is 18.5 Å². The van der Waals surface area contributed by atoms with Gasteiger partial charge in [-0.2, -0.15) is 0 Å². The van der Waals surface area contributed by atoms with E-state index in [4.69, 9.17) is 32.9 Å². The van der Waals surface area contributed by atoms with Crippen molar-refractivity contribution in [1.82, 2.24) is 15.5 Å². The predicted octanol–water partition coefficient (Wildman–Crippen LogP) is -2.84. The maximum Gasteiger partial charge on any atom is 0.335 e. The van der Waals surface area contributed by atoms with Gasteiger partial charge in [-0.15, -0.1) is 0 Å². The van der Waals surface area contributed by atoms with Gasteiger partial charge >= 0.3 is 5.97 Å². The number of methoxy groups -OCH3 is 1. The van der Waals surface area contributed by atoms with Crippen molar-refractivity contribution in [3.8, 4) is 5.75 Å². The van der Waals surface area contributed by atoms with Crippen molar-refractivity contribution in [3.05, 3.63) is 29.3 Å². The zero-order valence-electron chi connectivity index (χ0n) is 25.7. The van der Waals surface area contributed by atoms with Gasteiger partial charge in [0.1, 0.15) is 24.1 Å². The van der Waals surface area contributed by atoms with Crippen LogP contribution in [0, 0.1) is 0 Å². The summed E-state index contributed by atoms with van der Waals surface area (Å²) < 4.78 is 26.2. The van der Waals surface area contributed by atoms with E-state index in [1.165, 1.54) is 12.0 Å². The summed E-state index contributed by atoms with van der Waals surface area (Å²) in [6.45, 7) is 4.12. The maximum atomic E-state index is 11.1. The van der Waals surface area contributed by atoms with Crippen molar-refractivity contribution in [2.75, 3.05) is 45.2 Å². The molecule has 45 heavy (non-hydrogen) atoms. The summed E-state index contributed by atoms with van der Waals surface area (Å²) in [6, 6.07) is 4.92. The van der Waals surface area contributed by atoms with Gasteiger partial charge in [0.15, 0.2) is 6.10 Å². The number of nitrogens with one attached hydrogen (secondary N) is 2. The first-order valence-corrected chi connectivity index (χ1v) is 15.7. The molecule has 1 aliphatic rings. The Morgan fingerprint density at radius 2 is 1.89 bits per heavy atom. The minimum Gasteiger partial charge on any atom is -0.479 e. The third kappa shape index (κ3) is 16.7. The smallest absolute Gasteiger partial charge is 0.335 e. The maximum absolute atomic E-state index is 11.1. The molecule has 16 nitrogen and oxygen atoms in total.